The number of hydrogen-bond acceptors (Lipinski definition) is 1. The fourth-order valence-corrected chi connectivity index (χ4v) is 2.15. The van der Waals surface area contributed by atoms with E-state index in [2.05, 4.69) is 21.2 Å². The van der Waals surface area contributed by atoms with Gasteiger partial charge in [-0.3, -0.25) is 0 Å². The third-order valence-electron chi connectivity index (χ3n) is 2.86. The number of unbranched alkanes of at least 4 members (excludes halogenated alkanes) is 3. The van der Waals surface area contributed by atoms with E-state index in [9.17, 15) is 4.39 Å². The van der Waals surface area contributed by atoms with E-state index in [1.54, 1.807) is 6.07 Å². The van der Waals surface area contributed by atoms with Crippen LogP contribution in [0.15, 0.2) is 18.2 Å². The van der Waals surface area contributed by atoms with Crippen LogP contribution in [0.4, 0.5) is 4.39 Å². The first kappa shape index (κ1) is 14.7. The minimum Gasteiger partial charge on any atom is -0.313 e. The maximum atomic E-state index is 13.0. The molecule has 0 aliphatic heterocycles. The van der Waals surface area contributed by atoms with Gasteiger partial charge in [-0.05, 0) is 49.6 Å². The summed E-state index contributed by atoms with van der Waals surface area (Å²) in [5.74, 6) is -0.148. The van der Waals surface area contributed by atoms with Gasteiger partial charge in [0.1, 0.15) is 5.82 Å². The van der Waals surface area contributed by atoms with Gasteiger partial charge in [-0.2, -0.15) is 0 Å². The van der Waals surface area contributed by atoms with Crippen LogP contribution < -0.4 is 5.32 Å². The molecule has 0 heterocycles. The van der Waals surface area contributed by atoms with E-state index in [0.717, 1.165) is 29.5 Å². The third kappa shape index (κ3) is 6.18. The number of hydrogen-bond donors (Lipinski definition) is 1. The van der Waals surface area contributed by atoms with Gasteiger partial charge in [-0.15, -0.1) is 0 Å². The first-order valence-electron chi connectivity index (χ1n) is 6.25. The van der Waals surface area contributed by atoms with Crippen LogP contribution in [-0.4, -0.2) is 11.9 Å². The molecule has 0 spiro atoms. The Kier molecular flexibility index (Phi) is 7.45. The number of rotatable bonds is 8. The van der Waals surface area contributed by atoms with E-state index < -0.39 is 0 Å². The topological polar surface area (TPSA) is 12.0 Å². The van der Waals surface area contributed by atoms with E-state index in [-0.39, 0.29) is 5.82 Å². The van der Waals surface area contributed by atoms with Crippen LogP contribution in [-0.2, 0) is 6.54 Å². The highest BCUT2D eigenvalue weighted by Crippen LogP contribution is 2.09. The van der Waals surface area contributed by atoms with E-state index in [1.807, 2.05) is 13.0 Å². The standard InChI is InChI=1S/C14H21BrFN/c1-12-6-7-14(16)10-13(12)11-17-9-5-3-2-4-8-15/h6-7,10,17H,2-5,8-9,11H2,1H3. The van der Waals surface area contributed by atoms with Crippen molar-refractivity contribution in [2.24, 2.45) is 0 Å². The fourth-order valence-electron chi connectivity index (χ4n) is 1.75. The van der Waals surface area contributed by atoms with Gasteiger partial charge >= 0.3 is 0 Å². The molecule has 1 aromatic carbocycles. The van der Waals surface area contributed by atoms with Crippen molar-refractivity contribution in [2.75, 3.05) is 11.9 Å². The molecular formula is C14H21BrFN. The fraction of sp³-hybridized carbons (Fsp3) is 0.571. The lowest BCUT2D eigenvalue weighted by Crippen LogP contribution is -2.15. The van der Waals surface area contributed by atoms with Gasteiger partial charge in [-0.25, -0.2) is 4.39 Å². The molecule has 1 rings (SSSR count). The van der Waals surface area contributed by atoms with Crippen LogP contribution in [0.3, 0.4) is 0 Å². The van der Waals surface area contributed by atoms with Gasteiger partial charge in [0.05, 0.1) is 0 Å². The van der Waals surface area contributed by atoms with Crippen LogP contribution >= 0.6 is 15.9 Å². The lowest BCUT2D eigenvalue weighted by atomic mass is 10.1. The summed E-state index contributed by atoms with van der Waals surface area (Å²) in [4.78, 5) is 0. The molecule has 3 heteroatoms. The first-order chi connectivity index (χ1) is 8.24. The summed E-state index contributed by atoms with van der Waals surface area (Å²) < 4.78 is 13.0. The van der Waals surface area contributed by atoms with E-state index >= 15 is 0 Å². The molecule has 17 heavy (non-hydrogen) atoms. The second-order valence-electron chi connectivity index (χ2n) is 4.35. The Morgan fingerprint density at radius 3 is 2.71 bits per heavy atom. The predicted octanol–water partition coefficient (Wildman–Crippen LogP) is 4.18. The van der Waals surface area contributed by atoms with Crippen molar-refractivity contribution in [3.05, 3.63) is 35.1 Å². The molecule has 0 aromatic heterocycles. The summed E-state index contributed by atoms with van der Waals surface area (Å²) in [6.45, 7) is 3.80. The summed E-state index contributed by atoms with van der Waals surface area (Å²) in [5, 5.41) is 4.47. The van der Waals surface area contributed by atoms with Gasteiger partial charge in [0.2, 0.25) is 0 Å². The minimum atomic E-state index is -0.148. The van der Waals surface area contributed by atoms with E-state index in [1.165, 1.54) is 31.7 Å². The summed E-state index contributed by atoms with van der Waals surface area (Å²) in [6.07, 6.45) is 5.00. The lowest BCUT2D eigenvalue weighted by Gasteiger charge is -2.07. The Morgan fingerprint density at radius 1 is 1.18 bits per heavy atom. The van der Waals surface area contributed by atoms with Gasteiger partial charge in [0.15, 0.2) is 0 Å². The van der Waals surface area contributed by atoms with Crippen molar-refractivity contribution in [1.29, 1.82) is 0 Å². The molecule has 0 atom stereocenters. The zero-order chi connectivity index (χ0) is 12.5. The molecule has 0 saturated carbocycles. The first-order valence-corrected chi connectivity index (χ1v) is 7.38. The number of alkyl halides is 1. The largest absolute Gasteiger partial charge is 0.313 e. The van der Waals surface area contributed by atoms with Crippen molar-refractivity contribution >= 4 is 15.9 Å². The van der Waals surface area contributed by atoms with Crippen LogP contribution in [0.1, 0.15) is 36.8 Å². The molecule has 1 N–H and O–H groups in total. The maximum Gasteiger partial charge on any atom is 0.123 e. The molecule has 0 aliphatic rings. The van der Waals surface area contributed by atoms with E-state index in [4.69, 9.17) is 0 Å². The molecule has 0 fully saturated rings. The Balaban J connectivity index is 2.15. The monoisotopic (exact) mass is 301 g/mol. The number of halogens is 2. The summed E-state index contributed by atoms with van der Waals surface area (Å²) >= 11 is 3.43. The molecule has 1 nitrogen and oxygen atoms in total. The number of benzene rings is 1. The lowest BCUT2D eigenvalue weighted by molar-refractivity contribution is 0.592. The number of aryl methyl sites for hydroxylation is 1. The Morgan fingerprint density at radius 2 is 1.94 bits per heavy atom. The molecule has 0 unspecified atom stereocenters. The second-order valence-corrected chi connectivity index (χ2v) is 5.14. The molecule has 0 saturated heterocycles. The van der Waals surface area contributed by atoms with Gasteiger partial charge < -0.3 is 5.32 Å². The third-order valence-corrected chi connectivity index (χ3v) is 3.42. The smallest absolute Gasteiger partial charge is 0.123 e. The zero-order valence-electron chi connectivity index (χ0n) is 10.4. The summed E-state index contributed by atoms with van der Waals surface area (Å²) in [6, 6.07) is 4.97. The number of nitrogens with one attached hydrogen (secondary N) is 1. The van der Waals surface area contributed by atoms with Crippen molar-refractivity contribution in [2.45, 2.75) is 39.2 Å². The average molecular weight is 302 g/mol. The zero-order valence-corrected chi connectivity index (χ0v) is 12.0. The van der Waals surface area contributed by atoms with Crippen LogP contribution in [0.5, 0.6) is 0 Å². The predicted molar refractivity (Wildman–Crippen MR) is 75.1 cm³/mol. The van der Waals surface area contributed by atoms with Crippen molar-refractivity contribution in [1.82, 2.24) is 5.32 Å². The molecule has 96 valence electrons. The van der Waals surface area contributed by atoms with Crippen LogP contribution in [0.2, 0.25) is 0 Å². The molecular weight excluding hydrogens is 281 g/mol. The van der Waals surface area contributed by atoms with Crippen LogP contribution in [0, 0.1) is 12.7 Å². The van der Waals surface area contributed by atoms with Gasteiger partial charge in [0.25, 0.3) is 0 Å². The second kappa shape index (κ2) is 8.65. The van der Waals surface area contributed by atoms with Gasteiger partial charge in [0, 0.05) is 11.9 Å². The SMILES string of the molecule is Cc1ccc(F)cc1CNCCCCCCBr. The molecule has 0 radical (unpaired) electrons. The highest BCUT2D eigenvalue weighted by molar-refractivity contribution is 9.09. The molecule has 0 amide bonds. The highest BCUT2D eigenvalue weighted by atomic mass is 79.9. The average Bonchev–Trinajstić information content (AvgIpc) is 2.32. The minimum absolute atomic E-state index is 0.148. The highest BCUT2D eigenvalue weighted by Gasteiger charge is 1.99. The molecule has 0 bridgehead atoms. The van der Waals surface area contributed by atoms with Crippen LogP contribution in [0.25, 0.3) is 0 Å². The Bertz CT molecular complexity index is 328. The quantitative estimate of drug-likeness (QED) is 0.561. The van der Waals surface area contributed by atoms with Crippen molar-refractivity contribution in [3.8, 4) is 0 Å². The van der Waals surface area contributed by atoms with Crippen molar-refractivity contribution in [3.63, 3.8) is 0 Å². The maximum absolute atomic E-state index is 13.0. The summed E-state index contributed by atoms with van der Waals surface area (Å²) in [5.41, 5.74) is 2.21. The summed E-state index contributed by atoms with van der Waals surface area (Å²) in [7, 11) is 0. The van der Waals surface area contributed by atoms with E-state index in [0.29, 0.717) is 0 Å². The molecule has 0 aliphatic carbocycles. The molecule has 1 aromatic rings. The van der Waals surface area contributed by atoms with Crippen molar-refractivity contribution < 1.29 is 4.39 Å². The Hall–Kier alpha value is -0.410. The normalized spacial score (nSPS) is 10.8. The Labute approximate surface area is 112 Å². The van der Waals surface area contributed by atoms with Gasteiger partial charge in [-0.1, -0.05) is 34.8 Å².